The highest BCUT2D eigenvalue weighted by Crippen LogP contribution is 2.35. The lowest BCUT2D eigenvalue weighted by Gasteiger charge is -2.12. The zero-order valence-electron chi connectivity index (χ0n) is 7.14. The summed E-state index contributed by atoms with van der Waals surface area (Å²) >= 11 is 0. The first-order valence-corrected chi connectivity index (χ1v) is 3.90. The molecule has 0 aliphatic carbocycles. The predicted octanol–water partition coefficient (Wildman–Crippen LogP) is 3.05. The Labute approximate surface area is 78.3 Å². The van der Waals surface area contributed by atoms with E-state index in [1.807, 2.05) is 0 Å². The Kier molecular flexibility index (Phi) is 3.33. The molecule has 1 rings (SSSR count). The zero-order valence-corrected chi connectivity index (χ0v) is 7.14. The molecular weight excluding hydrogens is 200 g/mol. The molecule has 0 N–H and O–H groups in total. The lowest BCUT2D eigenvalue weighted by molar-refractivity contribution is -0.139. The minimum atomic E-state index is -4.47. The van der Waals surface area contributed by atoms with Crippen LogP contribution in [0.4, 0.5) is 17.6 Å². The fourth-order valence-corrected chi connectivity index (χ4v) is 0.975. The standard InChI is InChI=1S/C9H8F4O/c10-5-6-14-8-4-2-1-3-7(8)9(11,12)13/h1-4H,5-6H2. The number of para-hydroxylation sites is 1. The second-order valence-electron chi connectivity index (χ2n) is 2.53. The number of hydrogen-bond donors (Lipinski definition) is 0. The van der Waals surface area contributed by atoms with Gasteiger partial charge in [-0.2, -0.15) is 13.2 Å². The molecule has 0 saturated heterocycles. The Morgan fingerprint density at radius 3 is 2.36 bits per heavy atom. The molecule has 0 aliphatic heterocycles. The zero-order chi connectivity index (χ0) is 10.6. The highest BCUT2D eigenvalue weighted by Gasteiger charge is 2.33. The van der Waals surface area contributed by atoms with E-state index in [0.717, 1.165) is 6.07 Å². The van der Waals surface area contributed by atoms with Crippen LogP contribution in [0.25, 0.3) is 0 Å². The molecule has 0 heterocycles. The van der Waals surface area contributed by atoms with E-state index < -0.39 is 18.4 Å². The van der Waals surface area contributed by atoms with E-state index in [1.165, 1.54) is 18.2 Å². The maximum atomic E-state index is 12.3. The number of halogens is 4. The summed E-state index contributed by atoms with van der Waals surface area (Å²) in [6.45, 7) is -1.18. The summed E-state index contributed by atoms with van der Waals surface area (Å²) in [6.07, 6.45) is -4.47. The van der Waals surface area contributed by atoms with Crippen LogP contribution in [-0.2, 0) is 6.18 Å². The Bertz CT molecular complexity index is 295. The van der Waals surface area contributed by atoms with Crippen LogP contribution in [0.2, 0.25) is 0 Å². The summed E-state index contributed by atoms with van der Waals surface area (Å²) < 4.78 is 53.2. The summed E-state index contributed by atoms with van der Waals surface area (Å²) in [5.74, 6) is -0.336. The Morgan fingerprint density at radius 1 is 1.14 bits per heavy atom. The summed E-state index contributed by atoms with van der Waals surface area (Å²) in [4.78, 5) is 0. The molecular formula is C9H8F4O. The van der Waals surface area contributed by atoms with E-state index in [1.54, 1.807) is 0 Å². The number of hydrogen-bond acceptors (Lipinski definition) is 1. The first-order chi connectivity index (χ1) is 6.55. The van der Waals surface area contributed by atoms with Gasteiger partial charge in [0.05, 0.1) is 5.56 Å². The Hall–Kier alpha value is -1.26. The number of ether oxygens (including phenoxy) is 1. The largest absolute Gasteiger partial charge is 0.490 e. The van der Waals surface area contributed by atoms with Crippen molar-refractivity contribution in [2.75, 3.05) is 13.3 Å². The molecule has 14 heavy (non-hydrogen) atoms. The van der Waals surface area contributed by atoms with Crippen molar-refractivity contribution < 1.29 is 22.3 Å². The van der Waals surface area contributed by atoms with Crippen LogP contribution >= 0.6 is 0 Å². The first kappa shape index (κ1) is 10.8. The molecule has 0 atom stereocenters. The second kappa shape index (κ2) is 4.30. The topological polar surface area (TPSA) is 9.23 Å². The third kappa shape index (κ3) is 2.61. The molecule has 1 nitrogen and oxygen atoms in total. The predicted molar refractivity (Wildman–Crippen MR) is 42.9 cm³/mol. The Balaban J connectivity index is 2.92. The summed E-state index contributed by atoms with van der Waals surface area (Å²) in [5, 5.41) is 0. The van der Waals surface area contributed by atoms with Gasteiger partial charge >= 0.3 is 6.18 Å². The normalized spacial score (nSPS) is 11.4. The minimum absolute atomic E-state index is 0.336. The molecule has 5 heteroatoms. The van der Waals surface area contributed by atoms with E-state index in [0.29, 0.717) is 0 Å². The molecule has 0 spiro atoms. The highest BCUT2D eigenvalue weighted by atomic mass is 19.4. The maximum absolute atomic E-state index is 12.3. The average Bonchev–Trinajstić information content (AvgIpc) is 2.14. The van der Waals surface area contributed by atoms with Crippen molar-refractivity contribution in [2.24, 2.45) is 0 Å². The van der Waals surface area contributed by atoms with Gasteiger partial charge in [0, 0.05) is 0 Å². The van der Waals surface area contributed by atoms with E-state index in [9.17, 15) is 17.6 Å². The van der Waals surface area contributed by atoms with Gasteiger partial charge in [0.15, 0.2) is 0 Å². The maximum Gasteiger partial charge on any atom is 0.419 e. The van der Waals surface area contributed by atoms with Crippen LogP contribution in [0.15, 0.2) is 24.3 Å². The van der Waals surface area contributed by atoms with Crippen molar-refractivity contribution in [3.63, 3.8) is 0 Å². The molecule has 0 fully saturated rings. The lowest BCUT2D eigenvalue weighted by atomic mass is 10.2. The highest BCUT2D eigenvalue weighted by molar-refractivity contribution is 5.35. The lowest BCUT2D eigenvalue weighted by Crippen LogP contribution is -2.09. The van der Waals surface area contributed by atoms with Gasteiger partial charge in [-0.05, 0) is 12.1 Å². The van der Waals surface area contributed by atoms with E-state index in [2.05, 4.69) is 4.74 Å². The summed E-state index contributed by atoms with van der Waals surface area (Å²) in [6, 6.07) is 4.72. The summed E-state index contributed by atoms with van der Waals surface area (Å²) in [7, 11) is 0. The molecule has 0 amide bonds. The van der Waals surface area contributed by atoms with Crippen molar-refractivity contribution in [3.05, 3.63) is 29.8 Å². The van der Waals surface area contributed by atoms with Crippen LogP contribution in [0.3, 0.4) is 0 Å². The molecule has 1 aromatic rings. The van der Waals surface area contributed by atoms with Crippen molar-refractivity contribution in [3.8, 4) is 5.75 Å². The second-order valence-corrected chi connectivity index (χ2v) is 2.53. The molecule has 78 valence electrons. The quantitative estimate of drug-likeness (QED) is 0.693. The van der Waals surface area contributed by atoms with Gasteiger partial charge in [-0.15, -0.1) is 0 Å². The van der Waals surface area contributed by atoms with Crippen LogP contribution in [0.5, 0.6) is 5.75 Å². The molecule has 0 aliphatic rings. The van der Waals surface area contributed by atoms with Gasteiger partial charge in [0.25, 0.3) is 0 Å². The van der Waals surface area contributed by atoms with Crippen molar-refractivity contribution in [1.29, 1.82) is 0 Å². The van der Waals surface area contributed by atoms with Gasteiger partial charge in [0.2, 0.25) is 0 Å². The molecule has 0 bridgehead atoms. The van der Waals surface area contributed by atoms with Crippen LogP contribution in [0, 0.1) is 0 Å². The number of alkyl halides is 4. The molecule has 1 aromatic carbocycles. The first-order valence-electron chi connectivity index (χ1n) is 3.90. The van der Waals surface area contributed by atoms with Crippen molar-refractivity contribution >= 4 is 0 Å². The van der Waals surface area contributed by atoms with Crippen LogP contribution < -0.4 is 4.74 Å². The minimum Gasteiger partial charge on any atom is -0.490 e. The number of benzene rings is 1. The smallest absolute Gasteiger partial charge is 0.419 e. The molecule has 0 unspecified atom stereocenters. The van der Waals surface area contributed by atoms with Gasteiger partial charge in [0.1, 0.15) is 19.0 Å². The van der Waals surface area contributed by atoms with Crippen molar-refractivity contribution in [1.82, 2.24) is 0 Å². The third-order valence-corrected chi connectivity index (χ3v) is 1.53. The monoisotopic (exact) mass is 208 g/mol. The van der Waals surface area contributed by atoms with Crippen LogP contribution in [0.1, 0.15) is 5.56 Å². The average molecular weight is 208 g/mol. The van der Waals surface area contributed by atoms with Gasteiger partial charge < -0.3 is 4.74 Å². The van der Waals surface area contributed by atoms with Crippen molar-refractivity contribution in [2.45, 2.75) is 6.18 Å². The van der Waals surface area contributed by atoms with E-state index in [-0.39, 0.29) is 12.4 Å². The van der Waals surface area contributed by atoms with E-state index in [4.69, 9.17) is 0 Å². The fourth-order valence-electron chi connectivity index (χ4n) is 0.975. The van der Waals surface area contributed by atoms with Gasteiger partial charge in [-0.25, -0.2) is 4.39 Å². The molecule has 0 aromatic heterocycles. The Morgan fingerprint density at radius 2 is 1.79 bits per heavy atom. The van der Waals surface area contributed by atoms with Crippen LogP contribution in [-0.4, -0.2) is 13.3 Å². The van der Waals surface area contributed by atoms with E-state index >= 15 is 0 Å². The summed E-state index contributed by atoms with van der Waals surface area (Å²) in [5.41, 5.74) is -0.881. The van der Waals surface area contributed by atoms with Gasteiger partial charge in [-0.3, -0.25) is 0 Å². The molecule has 0 saturated carbocycles. The molecule has 0 radical (unpaired) electrons. The fraction of sp³-hybridized carbons (Fsp3) is 0.333. The third-order valence-electron chi connectivity index (χ3n) is 1.53. The number of rotatable bonds is 3. The van der Waals surface area contributed by atoms with Gasteiger partial charge in [-0.1, -0.05) is 12.1 Å². The SMILES string of the molecule is FCCOc1ccccc1C(F)(F)F.